The van der Waals surface area contributed by atoms with Gasteiger partial charge in [-0.2, -0.15) is 0 Å². The molecule has 6 nitrogen and oxygen atoms in total. The Morgan fingerprint density at radius 2 is 2.04 bits per heavy atom. The zero-order valence-corrected chi connectivity index (χ0v) is 15.2. The number of likely N-dealkylation sites (tertiary alicyclic amines) is 1. The summed E-state index contributed by atoms with van der Waals surface area (Å²) in [6.45, 7) is 1.51. The number of hydrogen-bond acceptors (Lipinski definition) is 3. The molecule has 1 N–H and O–H groups in total. The van der Waals surface area contributed by atoms with Crippen LogP contribution in [0.3, 0.4) is 0 Å². The van der Waals surface area contributed by atoms with Crippen LogP contribution in [0.4, 0.5) is 14.9 Å². The first-order valence-electron chi connectivity index (χ1n) is 9.08. The molecule has 4 rings (SSSR count). The number of anilines is 1. The normalized spacial score (nSPS) is 19.9. The highest BCUT2D eigenvalue weighted by molar-refractivity contribution is 6.30. The highest BCUT2D eigenvalue weighted by atomic mass is 35.5. The van der Waals surface area contributed by atoms with Crippen LogP contribution in [0.1, 0.15) is 49.8 Å². The number of hydrogen-bond donors (Lipinski definition) is 1. The average Bonchev–Trinajstić information content (AvgIpc) is 3.08. The maximum atomic E-state index is 14.0. The summed E-state index contributed by atoms with van der Waals surface area (Å²) in [5.41, 5.74) is 0.0927. The summed E-state index contributed by atoms with van der Waals surface area (Å²) in [5, 5.41) is 11.7. The van der Waals surface area contributed by atoms with E-state index in [0.29, 0.717) is 11.6 Å². The first-order valence-corrected chi connectivity index (χ1v) is 9.46. The summed E-state index contributed by atoms with van der Waals surface area (Å²) >= 11 is 5.92. The van der Waals surface area contributed by atoms with Gasteiger partial charge in [-0.05, 0) is 50.3 Å². The number of amides is 2. The van der Waals surface area contributed by atoms with Gasteiger partial charge in [0.2, 0.25) is 0 Å². The van der Waals surface area contributed by atoms with Gasteiger partial charge in [0.25, 0.3) is 0 Å². The molecule has 3 heterocycles. The van der Waals surface area contributed by atoms with Gasteiger partial charge >= 0.3 is 6.03 Å². The fourth-order valence-electron chi connectivity index (χ4n) is 3.80. The van der Waals surface area contributed by atoms with Gasteiger partial charge in [0.1, 0.15) is 11.6 Å². The molecule has 1 aromatic heterocycles. The number of nitrogens with zero attached hydrogens (tertiary/aromatic N) is 4. The van der Waals surface area contributed by atoms with E-state index in [1.165, 1.54) is 18.2 Å². The minimum Gasteiger partial charge on any atom is -0.314 e. The molecule has 138 valence electrons. The van der Waals surface area contributed by atoms with Crippen LogP contribution < -0.4 is 5.32 Å². The Hall–Kier alpha value is -2.15. The Balaban J connectivity index is 1.58. The Morgan fingerprint density at radius 3 is 2.92 bits per heavy atom. The van der Waals surface area contributed by atoms with E-state index in [-0.39, 0.29) is 17.8 Å². The summed E-state index contributed by atoms with van der Waals surface area (Å²) in [6, 6.07) is 3.67. The summed E-state index contributed by atoms with van der Waals surface area (Å²) in [5.74, 6) is 1.34. The highest BCUT2D eigenvalue weighted by Gasteiger charge is 2.33. The summed E-state index contributed by atoms with van der Waals surface area (Å²) in [7, 11) is 0. The van der Waals surface area contributed by atoms with Crippen LogP contribution in [0.25, 0.3) is 0 Å². The lowest BCUT2D eigenvalue weighted by Crippen LogP contribution is -2.42. The monoisotopic (exact) mass is 377 g/mol. The molecule has 2 aromatic rings. The number of fused-ring (bicyclic) bond motifs is 1. The fourth-order valence-corrected chi connectivity index (χ4v) is 3.97. The molecule has 1 fully saturated rings. The molecular weight excluding hydrogens is 357 g/mol. The zero-order chi connectivity index (χ0) is 18.1. The van der Waals surface area contributed by atoms with Gasteiger partial charge in [-0.25, -0.2) is 9.18 Å². The molecule has 2 aliphatic heterocycles. The Bertz CT molecular complexity index is 824. The van der Waals surface area contributed by atoms with Crippen molar-refractivity contribution >= 4 is 23.3 Å². The Kier molecular flexibility index (Phi) is 4.80. The lowest BCUT2D eigenvalue weighted by molar-refractivity contribution is 0.156. The van der Waals surface area contributed by atoms with Crippen LogP contribution in [-0.4, -0.2) is 32.2 Å². The van der Waals surface area contributed by atoms with Crippen molar-refractivity contribution in [3.8, 4) is 0 Å². The molecule has 0 radical (unpaired) electrons. The van der Waals surface area contributed by atoms with Crippen LogP contribution in [0.5, 0.6) is 0 Å². The van der Waals surface area contributed by atoms with Gasteiger partial charge in [-0.3, -0.25) is 0 Å². The number of aromatic nitrogens is 3. The maximum Gasteiger partial charge on any atom is 0.322 e. The SMILES string of the molecule is O=C(Nc1cc(Cl)ccc1F)N1CCCCC1c1nnc2n1CCCC2. The van der Waals surface area contributed by atoms with Gasteiger partial charge in [-0.15, -0.1) is 10.2 Å². The van der Waals surface area contributed by atoms with E-state index in [9.17, 15) is 9.18 Å². The topological polar surface area (TPSA) is 63.1 Å². The van der Waals surface area contributed by atoms with Gasteiger partial charge in [0, 0.05) is 24.5 Å². The van der Waals surface area contributed by atoms with Crippen molar-refractivity contribution in [1.29, 1.82) is 0 Å². The number of urea groups is 1. The summed E-state index contributed by atoms with van der Waals surface area (Å²) in [6.07, 6.45) is 5.94. The molecule has 2 aliphatic rings. The fraction of sp³-hybridized carbons (Fsp3) is 0.500. The smallest absolute Gasteiger partial charge is 0.314 e. The second-order valence-corrected chi connectivity index (χ2v) is 7.28. The number of halogens is 2. The highest BCUT2D eigenvalue weighted by Crippen LogP contribution is 2.32. The number of carbonyl (C=O) groups is 1. The van der Waals surface area contributed by atoms with Crippen molar-refractivity contribution in [2.75, 3.05) is 11.9 Å². The molecule has 26 heavy (non-hydrogen) atoms. The predicted octanol–water partition coefficient (Wildman–Crippen LogP) is 4.17. The standard InChI is InChI=1S/C18H21ClFN5O/c19-12-7-8-13(20)14(11-12)21-18(26)24-9-3-1-5-15(24)17-23-22-16-6-2-4-10-25(16)17/h7-8,11,15H,1-6,9-10H2,(H,21,26). The van der Waals surface area contributed by atoms with Crippen molar-refractivity contribution in [3.05, 3.63) is 40.7 Å². The summed E-state index contributed by atoms with van der Waals surface area (Å²) in [4.78, 5) is 14.6. The molecule has 2 amide bonds. The second kappa shape index (κ2) is 7.23. The van der Waals surface area contributed by atoms with Gasteiger partial charge in [0.05, 0.1) is 11.7 Å². The number of benzene rings is 1. The molecule has 1 saturated heterocycles. The molecule has 1 unspecified atom stereocenters. The average molecular weight is 378 g/mol. The second-order valence-electron chi connectivity index (χ2n) is 6.84. The Labute approximate surface area is 156 Å². The predicted molar refractivity (Wildman–Crippen MR) is 96.7 cm³/mol. The number of aryl methyl sites for hydroxylation is 1. The van der Waals surface area contributed by atoms with E-state index in [2.05, 4.69) is 20.1 Å². The number of piperidine rings is 1. The van der Waals surface area contributed by atoms with Crippen molar-refractivity contribution in [1.82, 2.24) is 19.7 Å². The van der Waals surface area contributed by atoms with Crippen molar-refractivity contribution in [2.24, 2.45) is 0 Å². The van der Waals surface area contributed by atoms with E-state index in [0.717, 1.165) is 56.7 Å². The van der Waals surface area contributed by atoms with E-state index < -0.39 is 5.82 Å². The van der Waals surface area contributed by atoms with Crippen molar-refractivity contribution in [3.63, 3.8) is 0 Å². The van der Waals surface area contributed by atoms with Crippen LogP contribution in [0, 0.1) is 5.82 Å². The van der Waals surface area contributed by atoms with Crippen LogP contribution in [0.15, 0.2) is 18.2 Å². The third-order valence-electron chi connectivity index (χ3n) is 5.12. The Morgan fingerprint density at radius 1 is 1.19 bits per heavy atom. The van der Waals surface area contributed by atoms with Gasteiger partial charge in [-0.1, -0.05) is 11.6 Å². The van der Waals surface area contributed by atoms with Crippen LogP contribution >= 0.6 is 11.6 Å². The number of rotatable bonds is 2. The molecular formula is C18H21ClFN5O. The van der Waals surface area contributed by atoms with Crippen LogP contribution in [-0.2, 0) is 13.0 Å². The van der Waals surface area contributed by atoms with E-state index in [1.807, 2.05) is 0 Å². The third-order valence-corrected chi connectivity index (χ3v) is 5.35. The third kappa shape index (κ3) is 3.28. The minimum absolute atomic E-state index is 0.0927. The largest absolute Gasteiger partial charge is 0.322 e. The zero-order valence-electron chi connectivity index (χ0n) is 14.4. The lowest BCUT2D eigenvalue weighted by atomic mass is 10.0. The minimum atomic E-state index is -0.504. The number of nitrogens with one attached hydrogen (secondary N) is 1. The molecule has 0 aliphatic carbocycles. The molecule has 0 saturated carbocycles. The van der Waals surface area contributed by atoms with Crippen molar-refractivity contribution < 1.29 is 9.18 Å². The molecule has 1 aromatic carbocycles. The quantitative estimate of drug-likeness (QED) is 0.854. The van der Waals surface area contributed by atoms with E-state index >= 15 is 0 Å². The summed E-state index contributed by atoms with van der Waals surface area (Å²) < 4.78 is 16.1. The van der Waals surface area contributed by atoms with Gasteiger partial charge < -0.3 is 14.8 Å². The lowest BCUT2D eigenvalue weighted by Gasteiger charge is -2.35. The van der Waals surface area contributed by atoms with E-state index in [4.69, 9.17) is 11.6 Å². The number of carbonyl (C=O) groups excluding carboxylic acids is 1. The maximum absolute atomic E-state index is 14.0. The first kappa shape index (κ1) is 17.3. The first-order chi connectivity index (χ1) is 12.6. The molecule has 0 bridgehead atoms. The van der Waals surface area contributed by atoms with Crippen LogP contribution in [0.2, 0.25) is 5.02 Å². The van der Waals surface area contributed by atoms with E-state index in [1.54, 1.807) is 4.90 Å². The molecule has 8 heteroatoms. The molecule has 1 atom stereocenters. The molecule has 0 spiro atoms. The van der Waals surface area contributed by atoms with Crippen molar-refractivity contribution in [2.45, 2.75) is 51.1 Å². The van der Waals surface area contributed by atoms with Gasteiger partial charge in [0.15, 0.2) is 5.82 Å².